The lowest BCUT2D eigenvalue weighted by molar-refractivity contribution is -0.0575. The SMILES string of the molecule is Cc1c(-c2ccc(-n3c(OC(F)F)nn(C)c3=O)cc2)ccnc1N1CCN(c2cccnc2)C1=O. The van der Waals surface area contributed by atoms with Crippen LogP contribution in [0.15, 0.2) is 65.8 Å². The van der Waals surface area contributed by atoms with E-state index in [-0.39, 0.29) is 6.03 Å². The van der Waals surface area contributed by atoms with Gasteiger partial charge in [-0.3, -0.25) is 14.8 Å². The van der Waals surface area contributed by atoms with E-state index in [1.165, 1.54) is 7.05 Å². The second-order valence-electron chi connectivity index (χ2n) is 8.05. The van der Waals surface area contributed by atoms with E-state index in [1.54, 1.807) is 58.7 Å². The molecule has 0 aliphatic carbocycles. The highest BCUT2D eigenvalue weighted by molar-refractivity contribution is 6.06. The molecule has 3 aromatic heterocycles. The maximum absolute atomic E-state index is 13.1. The van der Waals surface area contributed by atoms with Crippen LogP contribution in [0.5, 0.6) is 6.01 Å². The van der Waals surface area contributed by atoms with Gasteiger partial charge in [0.05, 0.1) is 17.6 Å². The molecule has 0 unspecified atom stereocenters. The Balaban J connectivity index is 1.45. The average molecular weight is 493 g/mol. The highest BCUT2D eigenvalue weighted by Crippen LogP contribution is 2.32. The summed E-state index contributed by atoms with van der Waals surface area (Å²) in [6, 6.07) is 11.5. The number of carbonyl (C=O) groups is 1. The molecule has 0 spiro atoms. The average Bonchev–Trinajstić information content (AvgIpc) is 3.38. The summed E-state index contributed by atoms with van der Waals surface area (Å²) in [7, 11) is 1.35. The lowest BCUT2D eigenvalue weighted by Crippen LogP contribution is -2.32. The predicted octanol–water partition coefficient (Wildman–Crippen LogP) is 3.38. The van der Waals surface area contributed by atoms with E-state index in [2.05, 4.69) is 19.8 Å². The Bertz CT molecular complexity index is 1470. The van der Waals surface area contributed by atoms with Crippen molar-refractivity contribution in [2.75, 3.05) is 22.9 Å². The molecule has 1 aliphatic heterocycles. The fraction of sp³-hybridized carbons (Fsp3) is 0.208. The van der Waals surface area contributed by atoms with Crippen LogP contribution in [-0.4, -0.2) is 50.0 Å². The summed E-state index contributed by atoms with van der Waals surface area (Å²) < 4.78 is 31.8. The fourth-order valence-corrected chi connectivity index (χ4v) is 4.21. The number of amides is 2. The molecular weight excluding hydrogens is 472 g/mol. The molecule has 2 amide bonds. The molecule has 1 fully saturated rings. The number of rotatable bonds is 6. The molecule has 0 bridgehead atoms. The molecule has 12 heteroatoms. The maximum atomic E-state index is 13.1. The van der Waals surface area contributed by atoms with Gasteiger partial charge in [0.15, 0.2) is 0 Å². The van der Waals surface area contributed by atoms with Gasteiger partial charge in [0.1, 0.15) is 5.82 Å². The highest BCUT2D eigenvalue weighted by atomic mass is 19.3. The van der Waals surface area contributed by atoms with Crippen LogP contribution in [-0.2, 0) is 7.05 Å². The Kier molecular flexibility index (Phi) is 5.92. The molecule has 1 saturated heterocycles. The second-order valence-corrected chi connectivity index (χ2v) is 8.05. The third kappa shape index (κ3) is 4.06. The van der Waals surface area contributed by atoms with E-state index in [4.69, 9.17) is 0 Å². The molecule has 10 nitrogen and oxygen atoms in total. The Morgan fingerprint density at radius 1 is 0.972 bits per heavy atom. The molecule has 5 rings (SSSR count). The first-order valence-corrected chi connectivity index (χ1v) is 11.0. The lowest BCUT2D eigenvalue weighted by atomic mass is 10.0. The monoisotopic (exact) mass is 493 g/mol. The van der Waals surface area contributed by atoms with Gasteiger partial charge in [-0.25, -0.2) is 23.8 Å². The standard InChI is InChI=1S/C24H21F2N7O3/c1-15-19(9-11-28-20(15)32-13-12-31(24(32)35)18-4-3-10-27-14-18)16-5-7-17(8-6-16)33-22(36-21(25)26)29-30(2)23(33)34/h3-11,14,21H,12-13H2,1-2H3. The number of aromatic nitrogens is 5. The van der Waals surface area contributed by atoms with Crippen LogP contribution in [0, 0.1) is 6.92 Å². The number of hydrogen-bond donors (Lipinski definition) is 0. The maximum Gasteiger partial charge on any atom is 0.389 e. The molecule has 0 radical (unpaired) electrons. The summed E-state index contributed by atoms with van der Waals surface area (Å²) in [5.74, 6) is 0.545. The largest absolute Gasteiger partial charge is 0.401 e. The summed E-state index contributed by atoms with van der Waals surface area (Å²) in [6.45, 7) is -0.259. The Morgan fingerprint density at radius 3 is 2.42 bits per heavy atom. The number of aryl methyl sites for hydroxylation is 1. The molecule has 0 saturated carbocycles. The number of benzene rings is 1. The molecule has 1 aromatic carbocycles. The van der Waals surface area contributed by atoms with Gasteiger partial charge >= 0.3 is 24.3 Å². The van der Waals surface area contributed by atoms with Crippen molar-refractivity contribution in [3.8, 4) is 22.8 Å². The van der Waals surface area contributed by atoms with Crippen molar-refractivity contribution < 1.29 is 18.3 Å². The van der Waals surface area contributed by atoms with Crippen LogP contribution in [0.4, 0.5) is 25.1 Å². The van der Waals surface area contributed by atoms with E-state index < -0.39 is 18.3 Å². The van der Waals surface area contributed by atoms with Crippen molar-refractivity contribution in [2.24, 2.45) is 7.05 Å². The lowest BCUT2D eigenvalue weighted by Gasteiger charge is -2.20. The van der Waals surface area contributed by atoms with Gasteiger partial charge in [-0.15, -0.1) is 5.10 Å². The van der Waals surface area contributed by atoms with Crippen molar-refractivity contribution >= 4 is 17.5 Å². The summed E-state index contributed by atoms with van der Waals surface area (Å²) >= 11 is 0. The van der Waals surface area contributed by atoms with Crippen LogP contribution in [0.25, 0.3) is 16.8 Å². The van der Waals surface area contributed by atoms with Gasteiger partial charge in [-0.05, 0) is 53.9 Å². The van der Waals surface area contributed by atoms with Crippen molar-refractivity contribution in [2.45, 2.75) is 13.5 Å². The topological polar surface area (TPSA) is 98.4 Å². The summed E-state index contributed by atoms with van der Waals surface area (Å²) in [4.78, 5) is 37.4. The summed E-state index contributed by atoms with van der Waals surface area (Å²) in [5.41, 5.74) is 2.85. The van der Waals surface area contributed by atoms with Crippen LogP contribution < -0.4 is 20.2 Å². The van der Waals surface area contributed by atoms with Gasteiger partial charge in [-0.2, -0.15) is 8.78 Å². The predicted molar refractivity (Wildman–Crippen MR) is 128 cm³/mol. The second kappa shape index (κ2) is 9.21. The molecular formula is C24H21F2N7O3. The van der Waals surface area contributed by atoms with Crippen LogP contribution in [0.3, 0.4) is 0 Å². The van der Waals surface area contributed by atoms with E-state index in [1.807, 2.05) is 19.1 Å². The van der Waals surface area contributed by atoms with Gasteiger partial charge in [-0.1, -0.05) is 12.1 Å². The first-order valence-electron chi connectivity index (χ1n) is 11.0. The number of carbonyl (C=O) groups excluding carboxylic acids is 1. The number of ether oxygens (including phenoxy) is 1. The first-order chi connectivity index (χ1) is 17.3. The summed E-state index contributed by atoms with van der Waals surface area (Å²) in [6.07, 6.45) is 4.93. The Hall–Kier alpha value is -4.61. The van der Waals surface area contributed by atoms with Gasteiger partial charge in [0.25, 0.3) is 0 Å². The number of halogens is 2. The zero-order chi connectivity index (χ0) is 25.4. The van der Waals surface area contributed by atoms with Crippen molar-refractivity contribution in [3.63, 3.8) is 0 Å². The van der Waals surface area contributed by atoms with Crippen molar-refractivity contribution in [3.05, 3.63) is 77.1 Å². The number of alkyl halides is 2. The molecule has 4 aromatic rings. The molecule has 184 valence electrons. The molecule has 4 heterocycles. The molecule has 0 N–H and O–H groups in total. The first kappa shape index (κ1) is 23.1. The number of hydrogen-bond acceptors (Lipinski definition) is 6. The minimum atomic E-state index is -3.12. The number of urea groups is 1. The van der Waals surface area contributed by atoms with E-state index in [0.717, 1.165) is 31.6 Å². The normalized spacial score (nSPS) is 13.6. The molecule has 1 aliphatic rings. The van der Waals surface area contributed by atoms with Crippen molar-refractivity contribution in [1.29, 1.82) is 0 Å². The third-order valence-electron chi connectivity index (χ3n) is 5.93. The zero-order valence-corrected chi connectivity index (χ0v) is 19.4. The van der Waals surface area contributed by atoms with Gasteiger partial charge in [0, 0.05) is 32.5 Å². The van der Waals surface area contributed by atoms with Crippen LogP contribution in [0.2, 0.25) is 0 Å². The van der Waals surface area contributed by atoms with Crippen LogP contribution >= 0.6 is 0 Å². The van der Waals surface area contributed by atoms with Crippen LogP contribution in [0.1, 0.15) is 5.56 Å². The minimum absolute atomic E-state index is 0.186. The van der Waals surface area contributed by atoms with Crippen molar-refractivity contribution in [1.82, 2.24) is 24.3 Å². The minimum Gasteiger partial charge on any atom is -0.401 e. The number of anilines is 2. The quantitative estimate of drug-likeness (QED) is 0.409. The third-order valence-corrected chi connectivity index (χ3v) is 5.93. The number of nitrogens with zero attached hydrogens (tertiary/aromatic N) is 7. The smallest absolute Gasteiger partial charge is 0.389 e. The fourth-order valence-electron chi connectivity index (χ4n) is 4.21. The highest BCUT2D eigenvalue weighted by Gasteiger charge is 2.32. The zero-order valence-electron chi connectivity index (χ0n) is 19.4. The van der Waals surface area contributed by atoms with Gasteiger partial charge in [0.2, 0.25) is 0 Å². The van der Waals surface area contributed by atoms with E-state index >= 15 is 0 Å². The Morgan fingerprint density at radius 2 is 1.72 bits per heavy atom. The molecule has 0 atom stereocenters. The summed E-state index contributed by atoms with van der Waals surface area (Å²) in [5, 5.41) is 3.72. The van der Waals surface area contributed by atoms with E-state index in [0.29, 0.717) is 24.6 Å². The van der Waals surface area contributed by atoms with Gasteiger partial charge < -0.3 is 4.74 Å². The van der Waals surface area contributed by atoms with E-state index in [9.17, 15) is 18.4 Å². The molecule has 36 heavy (non-hydrogen) atoms. The number of pyridine rings is 2. The Labute approximate surface area is 204 Å².